The van der Waals surface area contributed by atoms with Gasteiger partial charge in [0.25, 0.3) is 0 Å². The summed E-state index contributed by atoms with van der Waals surface area (Å²) in [4.78, 5) is 8.61. The summed E-state index contributed by atoms with van der Waals surface area (Å²) in [5.41, 5.74) is 1.60. The highest BCUT2D eigenvalue weighted by Gasteiger charge is 2.06. The molecule has 4 nitrogen and oxygen atoms in total. The first-order valence-corrected chi connectivity index (χ1v) is 5.07. The molecule has 3 heterocycles. The van der Waals surface area contributed by atoms with Crippen LogP contribution >= 0.6 is 11.6 Å². The predicted octanol–water partition coefficient (Wildman–Crippen LogP) is 2.02. The maximum Gasteiger partial charge on any atom is 0.181 e. The lowest BCUT2D eigenvalue weighted by atomic mass is 10.2. The number of nitrogens with zero attached hydrogens (tertiary/aromatic N) is 4. The summed E-state index contributed by atoms with van der Waals surface area (Å²) in [5.74, 6) is 0.936. The van der Waals surface area contributed by atoms with Crippen LogP contribution in [0.15, 0.2) is 30.6 Å². The number of pyridine rings is 2. The van der Waals surface area contributed by atoms with Crippen LogP contribution in [0.25, 0.3) is 16.6 Å². The molecular formula is C10H7ClN4. The monoisotopic (exact) mass is 218 g/mol. The fraction of sp³-hybridized carbons (Fsp3) is 0.100. The zero-order chi connectivity index (χ0) is 10.3. The van der Waals surface area contributed by atoms with Crippen molar-refractivity contribution < 1.29 is 0 Å². The van der Waals surface area contributed by atoms with Gasteiger partial charge < -0.3 is 0 Å². The van der Waals surface area contributed by atoms with E-state index in [2.05, 4.69) is 15.1 Å². The molecule has 74 valence electrons. The van der Waals surface area contributed by atoms with Crippen LogP contribution in [0.5, 0.6) is 0 Å². The van der Waals surface area contributed by atoms with Crippen LogP contribution in [0.3, 0.4) is 0 Å². The second kappa shape index (κ2) is 3.17. The van der Waals surface area contributed by atoms with Gasteiger partial charge in [0.2, 0.25) is 0 Å². The molecule has 0 radical (unpaired) electrons. The third-order valence-electron chi connectivity index (χ3n) is 2.24. The number of halogens is 1. The van der Waals surface area contributed by atoms with Gasteiger partial charge in [0.15, 0.2) is 11.5 Å². The molecule has 3 aromatic rings. The summed E-state index contributed by atoms with van der Waals surface area (Å²) in [6.07, 6.45) is 3.61. The molecule has 0 aliphatic heterocycles. The first-order valence-electron chi connectivity index (χ1n) is 4.53. The van der Waals surface area contributed by atoms with Crippen LogP contribution in [0, 0.1) is 0 Å². The molecule has 0 N–H and O–H groups in total. The van der Waals surface area contributed by atoms with E-state index in [1.165, 1.54) is 0 Å². The molecule has 3 aromatic heterocycles. The van der Waals surface area contributed by atoms with Gasteiger partial charge in [-0.2, -0.15) is 0 Å². The molecule has 0 bridgehead atoms. The van der Waals surface area contributed by atoms with Gasteiger partial charge in [-0.25, -0.2) is 9.50 Å². The van der Waals surface area contributed by atoms with Gasteiger partial charge in [-0.05, 0) is 12.1 Å². The Balaban J connectivity index is 2.47. The Morgan fingerprint density at radius 1 is 1.33 bits per heavy atom. The molecule has 0 saturated carbocycles. The van der Waals surface area contributed by atoms with Crippen molar-refractivity contribution in [2.75, 3.05) is 0 Å². The number of alkyl halides is 1. The first-order chi connectivity index (χ1) is 7.38. The Bertz CT molecular complexity index is 631. The van der Waals surface area contributed by atoms with Crippen molar-refractivity contribution in [3.8, 4) is 0 Å². The molecular weight excluding hydrogens is 212 g/mol. The van der Waals surface area contributed by atoms with Crippen molar-refractivity contribution in [1.82, 2.24) is 19.6 Å². The van der Waals surface area contributed by atoms with Gasteiger partial charge in [-0.15, -0.1) is 16.7 Å². The summed E-state index contributed by atoms with van der Waals surface area (Å²) < 4.78 is 1.70. The Morgan fingerprint density at radius 3 is 3.13 bits per heavy atom. The highest BCUT2D eigenvalue weighted by molar-refractivity contribution is 6.16. The third-order valence-corrected chi connectivity index (χ3v) is 2.48. The standard InChI is InChI=1S/C10H7ClN4/c11-6-8-13-10-9-7(2-1-4-12-9)3-5-15(10)14-8/h1-5H,6H2. The van der Waals surface area contributed by atoms with E-state index in [1.807, 2.05) is 24.4 Å². The Hall–Kier alpha value is -1.68. The van der Waals surface area contributed by atoms with Gasteiger partial charge in [0.1, 0.15) is 5.52 Å². The molecule has 0 amide bonds. The maximum atomic E-state index is 5.69. The normalized spacial score (nSPS) is 11.3. The summed E-state index contributed by atoms with van der Waals surface area (Å²) >= 11 is 5.69. The second-order valence-electron chi connectivity index (χ2n) is 3.19. The summed E-state index contributed by atoms with van der Waals surface area (Å²) in [7, 11) is 0. The molecule has 0 atom stereocenters. The largest absolute Gasteiger partial charge is 0.252 e. The molecule has 3 rings (SSSR count). The SMILES string of the molecule is ClCc1nc2c3ncccc3ccn2n1. The van der Waals surface area contributed by atoms with Crippen LogP contribution in [-0.4, -0.2) is 19.6 Å². The average molecular weight is 219 g/mol. The van der Waals surface area contributed by atoms with Crippen LogP contribution in [0.2, 0.25) is 0 Å². The minimum Gasteiger partial charge on any atom is -0.252 e. The Morgan fingerprint density at radius 2 is 2.27 bits per heavy atom. The average Bonchev–Trinajstić information content (AvgIpc) is 2.72. The van der Waals surface area contributed by atoms with Gasteiger partial charge in [0, 0.05) is 17.8 Å². The topological polar surface area (TPSA) is 43.1 Å². The zero-order valence-corrected chi connectivity index (χ0v) is 8.52. The summed E-state index contributed by atoms with van der Waals surface area (Å²) in [5, 5.41) is 5.27. The Labute approximate surface area is 90.5 Å². The van der Waals surface area contributed by atoms with Crippen LogP contribution in [0.4, 0.5) is 0 Å². The van der Waals surface area contributed by atoms with E-state index in [0.29, 0.717) is 11.7 Å². The van der Waals surface area contributed by atoms with Crippen molar-refractivity contribution in [2.24, 2.45) is 0 Å². The molecule has 0 spiro atoms. The van der Waals surface area contributed by atoms with Gasteiger partial charge in [0.05, 0.1) is 5.88 Å². The fourth-order valence-electron chi connectivity index (χ4n) is 1.58. The van der Waals surface area contributed by atoms with E-state index in [-0.39, 0.29) is 0 Å². The van der Waals surface area contributed by atoms with Crippen LogP contribution < -0.4 is 0 Å². The number of rotatable bonds is 1. The van der Waals surface area contributed by atoms with Crippen molar-refractivity contribution in [3.05, 3.63) is 36.4 Å². The van der Waals surface area contributed by atoms with E-state index < -0.39 is 0 Å². The van der Waals surface area contributed by atoms with Crippen molar-refractivity contribution in [1.29, 1.82) is 0 Å². The Kier molecular flexibility index (Phi) is 1.82. The van der Waals surface area contributed by atoms with E-state index in [4.69, 9.17) is 11.6 Å². The minimum absolute atomic E-state index is 0.315. The lowest BCUT2D eigenvalue weighted by molar-refractivity contribution is 0.925. The van der Waals surface area contributed by atoms with E-state index in [0.717, 1.165) is 16.6 Å². The molecule has 0 saturated heterocycles. The number of aromatic nitrogens is 4. The number of hydrogen-bond acceptors (Lipinski definition) is 3. The summed E-state index contributed by atoms with van der Waals surface area (Å²) in [6.45, 7) is 0. The molecule has 0 aliphatic rings. The number of fused-ring (bicyclic) bond motifs is 3. The highest BCUT2D eigenvalue weighted by atomic mass is 35.5. The maximum absolute atomic E-state index is 5.69. The highest BCUT2D eigenvalue weighted by Crippen LogP contribution is 2.15. The zero-order valence-electron chi connectivity index (χ0n) is 7.76. The second-order valence-corrected chi connectivity index (χ2v) is 3.45. The van der Waals surface area contributed by atoms with Crippen LogP contribution in [-0.2, 0) is 5.88 Å². The molecule has 0 aliphatic carbocycles. The molecule has 0 unspecified atom stereocenters. The smallest absolute Gasteiger partial charge is 0.181 e. The van der Waals surface area contributed by atoms with Crippen LogP contribution in [0.1, 0.15) is 5.82 Å². The lowest BCUT2D eigenvalue weighted by Crippen LogP contribution is -1.89. The lowest BCUT2D eigenvalue weighted by Gasteiger charge is -1.96. The molecule has 5 heteroatoms. The van der Waals surface area contributed by atoms with Gasteiger partial charge >= 0.3 is 0 Å². The minimum atomic E-state index is 0.315. The van der Waals surface area contributed by atoms with E-state index >= 15 is 0 Å². The van der Waals surface area contributed by atoms with Crippen molar-refractivity contribution in [3.63, 3.8) is 0 Å². The van der Waals surface area contributed by atoms with Gasteiger partial charge in [-0.3, -0.25) is 4.98 Å². The molecule has 0 aromatic carbocycles. The fourth-order valence-corrected chi connectivity index (χ4v) is 1.69. The van der Waals surface area contributed by atoms with Gasteiger partial charge in [-0.1, -0.05) is 6.07 Å². The quantitative estimate of drug-likeness (QED) is 0.587. The predicted molar refractivity (Wildman–Crippen MR) is 57.8 cm³/mol. The summed E-state index contributed by atoms with van der Waals surface area (Å²) in [6, 6.07) is 5.86. The van der Waals surface area contributed by atoms with Crippen molar-refractivity contribution in [2.45, 2.75) is 5.88 Å². The first kappa shape index (κ1) is 8.61. The molecule has 15 heavy (non-hydrogen) atoms. The van der Waals surface area contributed by atoms with E-state index in [1.54, 1.807) is 10.7 Å². The third kappa shape index (κ3) is 1.26. The van der Waals surface area contributed by atoms with E-state index in [9.17, 15) is 0 Å². The molecule has 0 fully saturated rings. The van der Waals surface area contributed by atoms with Crippen molar-refractivity contribution >= 4 is 28.2 Å². The number of hydrogen-bond donors (Lipinski definition) is 0.